The Morgan fingerprint density at radius 1 is 0.564 bits per heavy atom. The molecule has 0 fully saturated rings. The number of unbranched alkanes of at least 4 members (excludes halogenated alkanes) is 17. The third-order valence-corrected chi connectivity index (χ3v) is 9.87. The molecule has 55 heavy (non-hydrogen) atoms. The lowest BCUT2D eigenvalue weighted by molar-refractivity contribution is -0.161. The van der Waals surface area contributed by atoms with Gasteiger partial charge in [-0.2, -0.15) is 0 Å². The molecule has 0 aliphatic carbocycles. The first-order valence-corrected chi connectivity index (χ1v) is 23.3. The number of hydrogen-bond acceptors (Lipinski definition) is 8. The number of allylic oxidation sites excluding steroid dienone is 10. The minimum atomic E-state index is -4.39. The summed E-state index contributed by atoms with van der Waals surface area (Å²) in [6, 6.07) is 0. The Bertz CT molecular complexity index is 1090. The Labute approximate surface area is 336 Å². The van der Waals surface area contributed by atoms with Crippen LogP contribution in [0.15, 0.2) is 60.8 Å². The van der Waals surface area contributed by atoms with Gasteiger partial charge in [0, 0.05) is 19.4 Å². The Balaban J connectivity index is 4.20. The van der Waals surface area contributed by atoms with Gasteiger partial charge in [-0.3, -0.25) is 18.6 Å². The first-order chi connectivity index (χ1) is 26.8. The van der Waals surface area contributed by atoms with Gasteiger partial charge in [-0.1, -0.05) is 152 Å². The topological polar surface area (TPSA) is 134 Å². The van der Waals surface area contributed by atoms with Crippen molar-refractivity contribution in [3.05, 3.63) is 60.8 Å². The van der Waals surface area contributed by atoms with Gasteiger partial charge in [0.15, 0.2) is 6.10 Å². The second kappa shape index (κ2) is 41.3. The van der Waals surface area contributed by atoms with E-state index in [1.54, 1.807) is 0 Å². The Hall–Kier alpha value is -2.29. The van der Waals surface area contributed by atoms with E-state index in [1.165, 1.54) is 83.5 Å². The maximum absolute atomic E-state index is 12.6. The van der Waals surface area contributed by atoms with E-state index in [-0.39, 0.29) is 32.6 Å². The highest BCUT2D eigenvalue weighted by Gasteiger charge is 2.26. The Kier molecular flexibility index (Phi) is 39.6. The Morgan fingerprint density at radius 3 is 1.55 bits per heavy atom. The molecule has 9 nitrogen and oxygen atoms in total. The zero-order valence-corrected chi connectivity index (χ0v) is 35.8. The molecule has 0 aromatic heterocycles. The SMILES string of the molecule is CC/C=C/C/C=C/C/C=C/C/C=C/CCCCC(=O)OC[C@H](COP(=O)(O)OCCN)OC(=O)CCCCCCCCCCC/C=C/CCCCCCCC. The van der Waals surface area contributed by atoms with Crippen molar-refractivity contribution in [2.75, 3.05) is 26.4 Å². The molecule has 0 aliphatic rings. The number of phosphoric ester groups is 1. The molecular weight excluding hydrogens is 713 g/mol. The summed E-state index contributed by atoms with van der Waals surface area (Å²) < 4.78 is 32.7. The summed E-state index contributed by atoms with van der Waals surface area (Å²) >= 11 is 0. The normalized spacial score (nSPS) is 13.9. The number of nitrogens with two attached hydrogens (primary N) is 1. The molecule has 0 radical (unpaired) electrons. The summed E-state index contributed by atoms with van der Waals surface area (Å²) in [6.45, 7) is 3.56. The van der Waals surface area contributed by atoms with E-state index in [4.69, 9.17) is 24.3 Å². The summed E-state index contributed by atoms with van der Waals surface area (Å²) in [5.41, 5.74) is 5.34. The van der Waals surface area contributed by atoms with E-state index in [1.807, 2.05) is 0 Å². The van der Waals surface area contributed by atoms with Gasteiger partial charge in [-0.25, -0.2) is 4.57 Å². The molecule has 0 aromatic rings. The number of phosphoric acid groups is 1. The Morgan fingerprint density at radius 2 is 1.00 bits per heavy atom. The third-order valence-electron chi connectivity index (χ3n) is 8.89. The fourth-order valence-corrected chi connectivity index (χ4v) is 6.44. The van der Waals surface area contributed by atoms with Crippen LogP contribution in [0.3, 0.4) is 0 Å². The molecule has 0 aromatic carbocycles. The number of hydrogen-bond donors (Lipinski definition) is 2. The van der Waals surface area contributed by atoms with Crippen molar-refractivity contribution in [1.82, 2.24) is 0 Å². The monoisotopic (exact) mass is 794 g/mol. The molecule has 0 aliphatic heterocycles. The van der Waals surface area contributed by atoms with Gasteiger partial charge < -0.3 is 20.1 Å². The molecule has 0 bridgehead atoms. The summed E-state index contributed by atoms with van der Waals surface area (Å²) in [4.78, 5) is 34.8. The molecule has 0 heterocycles. The lowest BCUT2D eigenvalue weighted by Gasteiger charge is -2.19. The average Bonchev–Trinajstić information content (AvgIpc) is 3.17. The molecule has 0 spiro atoms. The maximum Gasteiger partial charge on any atom is 0.472 e. The van der Waals surface area contributed by atoms with Gasteiger partial charge in [0.05, 0.1) is 13.2 Å². The first kappa shape index (κ1) is 52.7. The summed E-state index contributed by atoms with van der Waals surface area (Å²) in [5.74, 6) is -0.882. The highest BCUT2D eigenvalue weighted by Crippen LogP contribution is 2.43. The second-order valence-corrected chi connectivity index (χ2v) is 15.6. The lowest BCUT2D eigenvalue weighted by Crippen LogP contribution is -2.29. The number of esters is 2. The number of carbonyl (C=O) groups is 2. The summed E-state index contributed by atoms with van der Waals surface area (Å²) in [7, 11) is -4.39. The zero-order chi connectivity index (χ0) is 40.3. The number of carbonyl (C=O) groups excluding carboxylic acids is 2. The van der Waals surface area contributed by atoms with E-state index < -0.39 is 32.5 Å². The molecule has 10 heteroatoms. The summed E-state index contributed by atoms with van der Waals surface area (Å²) in [5, 5.41) is 0. The van der Waals surface area contributed by atoms with Crippen LogP contribution in [0.25, 0.3) is 0 Å². The van der Waals surface area contributed by atoms with Crippen molar-refractivity contribution in [1.29, 1.82) is 0 Å². The third kappa shape index (κ3) is 41.2. The van der Waals surface area contributed by atoms with E-state index in [0.717, 1.165) is 57.8 Å². The van der Waals surface area contributed by atoms with E-state index in [9.17, 15) is 19.0 Å². The van der Waals surface area contributed by atoms with Gasteiger partial charge in [0.2, 0.25) is 0 Å². The van der Waals surface area contributed by atoms with Crippen LogP contribution in [0, 0.1) is 0 Å². The molecular formula is C45H80NO8P. The largest absolute Gasteiger partial charge is 0.472 e. The molecule has 0 saturated carbocycles. The minimum absolute atomic E-state index is 0.0451. The van der Waals surface area contributed by atoms with Gasteiger partial charge >= 0.3 is 19.8 Å². The van der Waals surface area contributed by atoms with Gasteiger partial charge in [0.1, 0.15) is 6.61 Å². The smallest absolute Gasteiger partial charge is 0.462 e. The maximum atomic E-state index is 12.6. The minimum Gasteiger partial charge on any atom is -0.462 e. The average molecular weight is 794 g/mol. The quantitative estimate of drug-likeness (QED) is 0.0269. The number of rotatable bonds is 40. The molecule has 1 unspecified atom stereocenters. The zero-order valence-electron chi connectivity index (χ0n) is 34.9. The van der Waals surface area contributed by atoms with Crippen LogP contribution >= 0.6 is 7.82 Å². The lowest BCUT2D eigenvalue weighted by atomic mass is 10.1. The van der Waals surface area contributed by atoms with Crippen molar-refractivity contribution >= 4 is 19.8 Å². The predicted molar refractivity (Wildman–Crippen MR) is 229 cm³/mol. The van der Waals surface area contributed by atoms with Gasteiger partial charge in [-0.05, 0) is 77.0 Å². The van der Waals surface area contributed by atoms with Crippen LogP contribution in [-0.4, -0.2) is 49.3 Å². The van der Waals surface area contributed by atoms with Gasteiger partial charge in [0.25, 0.3) is 0 Å². The standard InChI is InChI=1S/C45H80NO8P/c1-3-5-7-9-11-13-15-17-19-20-21-22-24-26-28-30-32-34-36-38-45(48)54-43(42-53-55(49,50)52-40-39-46)41-51-44(47)37-35-33-31-29-27-25-23-18-16-14-12-10-8-6-4-2/h6,8,12,14,17-19,23,27,29,43H,3-5,7,9-11,13,15-16,20-22,24-26,28,30-42,46H2,1-2H3,(H,49,50)/b8-6+,14-12+,19-17+,23-18+,29-27+/t43-/m1/s1. The van der Waals surface area contributed by atoms with Crippen molar-refractivity contribution in [2.45, 2.75) is 187 Å². The van der Waals surface area contributed by atoms with Gasteiger partial charge in [-0.15, -0.1) is 0 Å². The summed E-state index contributed by atoms with van der Waals surface area (Å²) in [6.07, 6.45) is 48.3. The second-order valence-electron chi connectivity index (χ2n) is 14.2. The highest BCUT2D eigenvalue weighted by atomic mass is 31.2. The number of ether oxygens (including phenoxy) is 2. The first-order valence-electron chi connectivity index (χ1n) is 21.8. The molecule has 0 amide bonds. The molecule has 2 atom stereocenters. The molecule has 0 rings (SSSR count). The molecule has 3 N–H and O–H groups in total. The highest BCUT2D eigenvalue weighted by molar-refractivity contribution is 7.47. The van der Waals surface area contributed by atoms with E-state index >= 15 is 0 Å². The van der Waals surface area contributed by atoms with Crippen LogP contribution in [0.1, 0.15) is 181 Å². The van der Waals surface area contributed by atoms with Crippen LogP contribution in [-0.2, 0) is 32.7 Å². The predicted octanol–water partition coefficient (Wildman–Crippen LogP) is 12.5. The van der Waals surface area contributed by atoms with E-state index in [0.29, 0.717) is 12.8 Å². The van der Waals surface area contributed by atoms with Crippen molar-refractivity contribution < 1.29 is 37.6 Å². The molecule has 0 saturated heterocycles. The van der Waals surface area contributed by atoms with E-state index in [2.05, 4.69) is 74.6 Å². The fraction of sp³-hybridized carbons (Fsp3) is 0.733. The van der Waals surface area contributed by atoms with Crippen molar-refractivity contribution in [2.24, 2.45) is 5.73 Å². The van der Waals surface area contributed by atoms with Crippen molar-refractivity contribution in [3.63, 3.8) is 0 Å². The molecule has 318 valence electrons. The fourth-order valence-electron chi connectivity index (χ4n) is 5.68. The van der Waals surface area contributed by atoms with Crippen LogP contribution in [0.2, 0.25) is 0 Å². The van der Waals surface area contributed by atoms with Crippen LogP contribution in [0.5, 0.6) is 0 Å². The van der Waals surface area contributed by atoms with Crippen molar-refractivity contribution in [3.8, 4) is 0 Å². The van der Waals surface area contributed by atoms with Crippen LogP contribution in [0.4, 0.5) is 0 Å². The van der Waals surface area contributed by atoms with Crippen LogP contribution < -0.4 is 5.73 Å².